The van der Waals surface area contributed by atoms with Crippen LogP contribution in [0.2, 0.25) is 0 Å². The number of hydrogen-bond acceptors (Lipinski definition) is 3. The SMILES string of the molecule is CN[C@@H](O)C(=O)C(C)C. The van der Waals surface area contributed by atoms with Gasteiger partial charge < -0.3 is 5.11 Å². The van der Waals surface area contributed by atoms with Crippen LogP contribution in [0.3, 0.4) is 0 Å². The summed E-state index contributed by atoms with van der Waals surface area (Å²) in [6.07, 6.45) is -0.995. The highest BCUT2D eigenvalue weighted by Crippen LogP contribution is 1.95. The normalized spacial score (nSPS) is 13.9. The summed E-state index contributed by atoms with van der Waals surface area (Å²) in [5.41, 5.74) is 0. The minimum atomic E-state index is -0.995. The van der Waals surface area contributed by atoms with E-state index in [9.17, 15) is 4.79 Å². The van der Waals surface area contributed by atoms with Crippen molar-refractivity contribution in [2.75, 3.05) is 7.05 Å². The van der Waals surface area contributed by atoms with Crippen LogP contribution in [0.25, 0.3) is 0 Å². The molecular weight excluding hydrogens is 118 g/mol. The predicted octanol–water partition coefficient (Wildman–Crippen LogP) is -0.251. The summed E-state index contributed by atoms with van der Waals surface area (Å²) in [5.74, 6) is -0.273. The molecule has 0 rings (SSSR count). The van der Waals surface area contributed by atoms with Gasteiger partial charge in [0.25, 0.3) is 0 Å². The second-order valence-electron chi connectivity index (χ2n) is 2.25. The molecule has 0 aliphatic rings. The molecular formula is C6H13NO2. The molecule has 0 aromatic rings. The molecule has 0 unspecified atom stereocenters. The zero-order valence-corrected chi connectivity index (χ0v) is 6.01. The Labute approximate surface area is 55.1 Å². The number of carbonyl (C=O) groups excluding carboxylic acids is 1. The van der Waals surface area contributed by atoms with Crippen molar-refractivity contribution in [1.82, 2.24) is 5.32 Å². The van der Waals surface area contributed by atoms with Crippen LogP contribution in [-0.4, -0.2) is 24.2 Å². The number of aliphatic hydroxyl groups is 1. The maximum atomic E-state index is 10.8. The van der Waals surface area contributed by atoms with Crippen LogP contribution >= 0.6 is 0 Å². The number of nitrogens with one attached hydrogen (secondary N) is 1. The van der Waals surface area contributed by atoms with Gasteiger partial charge in [-0.15, -0.1) is 0 Å². The molecule has 0 aliphatic heterocycles. The van der Waals surface area contributed by atoms with Crippen molar-refractivity contribution in [3.63, 3.8) is 0 Å². The third-order valence-corrected chi connectivity index (χ3v) is 1.11. The maximum absolute atomic E-state index is 10.8. The summed E-state index contributed by atoms with van der Waals surface area (Å²) in [4.78, 5) is 10.8. The van der Waals surface area contributed by atoms with Crippen molar-refractivity contribution in [2.45, 2.75) is 20.1 Å². The predicted molar refractivity (Wildman–Crippen MR) is 34.9 cm³/mol. The first-order chi connectivity index (χ1) is 4.09. The van der Waals surface area contributed by atoms with E-state index in [0.29, 0.717) is 0 Å². The molecule has 1 atom stereocenters. The van der Waals surface area contributed by atoms with Crippen LogP contribution in [0.5, 0.6) is 0 Å². The van der Waals surface area contributed by atoms with Gasteiger partial charge in [-0.3, -0.25) is 10.1 Å². The molecule has 9 heavy (non-hydrogen) atoms. The Kier molecular flexibility index (Phi) is 3.42. The molecule has 3 nitrogen and oxygen atoms in total. The van der Waals surface area contributed by atoms with E-state index in [-0.39, 0.29) is 11.7 Å². The number of aliphatic hydroxyl groups excluding tert-OH is 1. The van der Waals surface area contributed by atoms with Gasteiger partial charge in [0.15, 0.2) is 12.0 Å². The van der Waals surface area contributed by atoms with Crippen LogP contribution in [0.15, 0.2) is 0 Å². The number of carbonyl (C=O) groups is 1. The molecule has 0 radical (unpaired) electrons. The summed E-state index contributed by atoms with van der Waals surface area (Å²) in [6.45, 7) is 3.51. The molecule has 0 amide bonds. The van der Waals surface area contributed by atoms with Crippen LogP contribution in [0.1, 0.15) is 13.8 Å². The smallest absolute Gasteiger partial charge is 0.178 e. The fourth-order valence-electron chi connectivity index (χ4n) is 0.458. The van der Waals surface area contributed by atoms with E-state index in [4.69, 9.17) is 5.11 Å². The van der Waals surface area contributed by atoms with Crippen LogP contribution in [-0.2, 0) is 4.79 Å². The minimum Gasteiger partial charge on any atom is -0.371 e. The largest absolute Gasteiger partial charge is 0.371 e. The van der Waals surface area contributed by atoms with Gasteiger partial charge in [0, 0.05) is 5.92 Å². The van der Waals surface area contributed by atoms with E-state index in [1.165, 1.54) is 0 Å². The van der Waals surface area contributed by atoms with E-state index < -0.39 is 6.23 Å². The standard InChI is InChI=1S/C6H13NO2/c1-4(2)5(8)6(9)7-3/h4,6-7,9H,1-3H3/t6-/m0/s1. The monoisotopic (exact) mass is 131 g/mol. The van der Waals surface area contributed by atoms with Crippen molar-refractivity contribution in [3.05, 3.63) is 0 Å². The zero-order valence-electron chi connectivity index (χ0n) is 6.01. The first-order valence-corrected chi connectivity index (χ1v) is 2.98. The highest BCUT2D eigenvalue weighted by atomic mass is 16.3. The van der Waals surface area contributed by atoms with Gasteiger partial charge in [-0.25, -0.2) is 0 Å². The van der Waals surface area contributed by atoms with Crippen molar-refractivity contribution in [1.29, 1.82) is 0 Å². The van der Waals surface area contributed by atoms with Crippen molar-refractivity contribution in [3.8, 4) is 0 Å². The van der Waals surface area contributed by atoms with E-state index in [2.05, 4.69) is 5.32 Å². The van der Waals surface area contributed by atoms with Crippen LogP contribution in [0, 0.1) is 5.92 Å². The molecule has 3 heteroatoms. The molecule has 0 aromatic carbocycles. The molecule has 0 saturated heterocycles. The molecule has 54 valence electrons. The Morgan fingerprint density at radius 2 is 2.00 bits per heavy atom. The topological polar surface area (TPSA) is 49.3 Å². The van der Waals surface area contributed by atoms with Gasteiger partial charge in [-0.1, -0.05) is 13.8 Å². The van der Waals surface area contributed by atoms with Crippen molar-refractivity contribution >= 4 is 5.78 Å². The van der Waals surface area contributed by atoms with Crippen molar-refractivity contribution in [2.24, 2.45) is 5.92 Å². The summed E-state index contributed by atoms with van der Waals surface area (Å²) in [6, 6.07) is 0. The molecule has 0 spiro atoms. The quantitative estimate of drug-likeness (QED) is 0.519. The Bertz CT molecular complexity index is 101. The van der Waals surface area contributed by atoms with Gasteiger partial charge in [-0.05, 0) is 7.05 Å². The van der Waals surface area contributed by atoms with E-state index in [0.717, 1.165) is 0 Å². The van der Waals surface area contributed by atoms with Gasteiger partial charge >= 0.3 is 0 Å². The number of Topliss-reactive ketones (excluding diaryl/α,β-unsaturated/α-hetero) is 1. The third kappa shape index (κ3) is 2.58. The van der Waals surface area contributed by atoms with Gasteiger partial charge in [0.1, 0.15) is 0 Å². The molecule has 0 aliphatic carbocycles. The lowest BCUT2D eigenvalue weighted by molar-refractivity contribution is -0.131. The molecule has 0 bridgehead atoms. The lowest BCUT2D eigenvalue weighted by atomic mass is 10.1. The first kappa shape index (κ1) is 8.59. The van der Waals surface area contributed by atoms with Crippen LogP contribution in [0.4, 0.5) is 0 Å². The average molecular weight is 131 g/mol. The highest BCUT2D eigenvalue weighted by Gasteiger charge is 2.15. The number of rotatable bonds is 3. The lowest BCUT2D eigenvalue weighted by Crippen LogP contribution is -2.36. The molecule has 0 aromatic heterocycles. The Morgan fingerprint density at radius 1 is 1.56 bits per heavy atom. The van der Waals surface area contributed by atoms with Crippen LogP contribution < -0.4 is 5.32 Å². The summed E-state index contributed by atoms with van der Waals surface area (Å²) in [5, 5.41) is 11.3. The van der Waals surface area contributed by atoms with E-state index >= 15 is 0 Å². The molecule has 0 fully saturated rings. The second kappa shape index (κ2) is 3.58. The Hall–Kier alpha value is -0.410. The molecule has 0 saturated carbocycles. The number of hydrogen-bond donors (Lipinski definition) is 2. The highest BCUT2D eigenvalue weighted by molar-refractivity contribution is 5.84. The van der Waals surface area contributed by atoms with E-state index in [1.54, 1.807) is 20.9 Å². The second-order valence-corrected chi connectivity index (χ2v) is 2.25. The summed E-state index contributed by atoms with van der Waals surface area (Å²) < 4.78 is 0. The Morgan fingerprint density at radius 3 is 2.11 bits per heavy atom. The van der Waals surface area contributed by atoms with Gasteiger partial charge in [0.05, 0.1) is 0 Å². The average Bonchev–Trinajstić information content (AvgIpc) is 1.84. The minimum absolute atomic E-state index is 0.104. The lowest BCUT2D eigenvalue weighted by Gasteiger charge is -2.09. The third-order valence-electron chi connectivity index (χ3n) is 1.11. The summed E-state index contributed by atoms with van der Waals surface area (Å²) >= 11 is 0. The Balaban J connectivity index is 3.73. The first-order valence-electron chi connectivity index (χ1n) is 2.98. The number of likely N-dealkylation sites (N-methyl/N-ethyl adjacent to an activating group) is 1. The van der Waals surface area contributed by atoms with E-state index in [1.807, 2.05) is 0 Å². The summed E-state index contributed by atoms with van der Waals surface area (Å²) in [7, 11) is 1.55. The van der Waals surface area contributed by atoms with Crippen molar-refractivity contribution < 1.29 is 9.90 Å². The number of ketones is 1. The zero-order chi connectivity index (χ0) is 7.44. The fourth-order valence-corrected chi connectivity index (χ4v) is 0.458. The maximum Gasteiger partial charge on any atom is 0.178 e. The fraction of sp³-hybridized carbons (Fsp3) is 0.833. The van der Waals surface area contributed by atoms with Gasteiger partial charge in [-0.2, -0.15) is 0 Å². The van der Waals surface area contributed by atoms with Gasteiger partial charge in [0.2, 0.25) is 0 Å². The molecule has 2 N–H and O–H groups in total. The molecule has 0 heterocycles.